The van der Waals surface area contributed by atoms with Crippen LogP contribution in [0, 0.1) is 0 Å². The Balaban J connectivity index is 1.81. The molecule has 0 aliphatic carbocycles. The van der Waals surface area contributed by atoms with Crippen LogP contribution in [0.3, 0.4) is 0 Å². The minimum Gasteiger partial charge on any atom is -0.454 e. The molecule has 0 saturated carbocycles. The summed E-state index contributed by atoms with van der Waals surface area (Å²) >= 11 is 1.18. The molecule has 6 nitrogen and oxygen atoms in total. The summed E-state index contributed by atoms with van der Waals surface area (Å²) in [5.41, 5.74) is 1.34. The van der Waals surface area contributed by atoms with Gasteiger partial charge in [0.2, 0.25) is 6.79 Å². The molecule has 2 aromatic rings. The van der Waals surface area contributed by atoms with Crippen molar-refractivity contribution in [3.05, 3.63) is 34.8 Å². The molecule has 0 spiro atoms. The van der Waals surface area contributed by atoms with Gasteiger partial charge in [0.25, 0.3) is 5.91 Å². The summed E-state index contributed by atoms with van der Waals surface area (Å²) in [5.74, 6) is 1.36. The number of nitrogens with zero attached hydrogens (tertiary/aromatic N) is 3. The van der Waals surface area contributed by atoms with Gasteiger partial charge in [-0.3, -0.25) is 4.79 Å². The van der Waals surface area contributed by atoms with E-state index in [1.807, 2.05) is 18.2 Å². The zero-order valence-electron chi connectivity index (χ0n) is 12.3. The number of rotatable bonds is 6. The molecule has 2 heterocycles. The number of unbranched alkanes of at least 4 members (excludes halogenated alkanes) is 1. The van der Waals surface area contributed by atoms with Crippen LogP contribution < -0.4 is 9.47 Å². The molecule has 1 aromatic heterocycles. The zero-order valence-corrected chi connectivity index (χ0v) is 13.1. The monoisotopic (exact) mass is 319 g/mol. The Morgan fingerprint density at radius 2 is 2.32 bits per heavy atom. The van der Waals surface area contributed by atoms with Gasteiger partial charge in [-0.1, -0.05) is 30.0 Å². The number of hydrogen-bond donors (Lipinski definition) is 0. The van der Waals surface area contributed by atoms with Crippen LogP contribution in [-0.4, -0.2) is 33.7 Å². The number of fused-ring (bicyclic) bond motifs is 1. The summed E-state index contributed by atoms with van der Waals surface area (Å²) in [5, 5.41) is 5.56. The minimum absolute atomic E-state index is 0.0984. The van der Waals surface area contributed by atoms with Crippen molar-refractivity contribution in [1.82, 2.24) is 14.5 Å². The van der Waals surface area contributed by atoms with Crippen LogP contribution in [0.4, 0.5) is 0 Å². The summed E-state index contributed by atoms with van der Waals surface area (Å²) in [6.07, 6.45) is 1.96. The largest absolute Gasteiger partial charge is 0.454 e. The lowest BCUT2D eigenvalue weighted by atomic mass is 10.1. The molecule has 0 unspecified atom stereocenters. The van der Waals surface area contributed by atoms with Gasteiger partial charge in [0.15, 0.2) is 17.2 Å². The average molecular weight is 319 g/mol. The lowest BCUT2D eigenvalue weighted by Crippen LogP contribution is -2.32. The number of carbonyl (C=O) groups excluding carboxylic acids is 1. The van der Waals surface area contributed by atoms with Gasteiger partial charge in [0, 0.05) is 24.0 Å². The van der Waals surface area contributed by atoms with Crippen LogP contribution in [0.1, 0.15) is 35.8 Å². The minimum atomic E-state index is -0.0984. The van der Waals surface area contributed by atoms with Crippen LogP contribution in [-0.2, 0) is 6.54 Å². The number of amides is 1. The number of hydrogen-bond acceptors (Lipinski definition) is 6. The molecule has 0 radical (unpaired) electrons. The van der Waals surface area contributed by atoms with E-state index in [2.05, 4.69) is 16.5 Å². The summed E-state index contributed by atoms with van der Waals surface area (Å²) in [6, 6.07) is 5.74. The average Bonchev–Trinajstić information content (AvgIpc) is 3.21. The highest BCUT2D eigenvalue weighted by molar-refractivity contribution is 7.03. The Bertz CT molecular complexity index is 645. The van der Waals surface area contributed by atoms with E-state index in [1.165, 1.54) is 11.5 Å². The van der Waals surface area contributed by atoms with Crippen molar-refractivity contribution < 1.29 is 14.3 Å². The van der Waals surface area contributed by atoms with Gasteiger partial charge in [0.05, 0.1) is 0 Å². The van der Waals surface area contributed by atoms with Gasteiger partial charge in [-0.2, -0.15) is 0 Å². The Morgan fingerprint density at radius 3 is 3.09 bits per heavy atom. The fourth-order valence-corrected chi connectivity index (χ4v) is 2.77. The van der Waals surface area contributed by atoms with E-state index in [1.54, 1.807) is 10.3 Å². The predicted molar refractivity (Wildman–Crippen MR) is 82.1 cm³/mol. The van der Waals surface area contributed by atoms with Gasteiger partial charge in [-0.15, -0.1) is 5.10 Å². The third kappa shape index (κ3) is 3.04. The second-order valence-corrected chi connectivity index (χ2v) is 5.63. The van der Waals surface area contributed by atoms with Crippen LogP contribution in [0.2, 0.25) is 0 Å². The summed E-state index contributed by atoms with van der Waals surface area (Å²) in [7, 11) is 0. The van der Waals surface area contributed by atoms with Crippen LogP contribution >= 0.6 is 11.5 Å². The highest BCUT2D eigenvalue weighted by atomic mass is 32.1. The van der Waals surface area contributed by atoms with Gasteiger partial charge in [0.1, 0.15) is 0 Å². The first-order valence-electron chi connectivity index (χ1n) is 7.23. The number of ether oxygens (including phenoxy) is 2. The predicted octanol–water partition coefficient (Wildman–Crippen LogP) is 2.71. The molecule has 0 N–H and O–H groups in total. The van der Waals surface area contributed by atoms with Crippen molar-refractivity contribution in [3.63, 3.8) is 0 Å². The molecule has 0 fully saturated rings. The van der Waals surface area contributed by atoms with E-state index >= 15 is 0 Å². The molecule has 1 aliphatic rings. The zero-order chi connectivity index (χ0) is 15.4. The maximum absolute atomic E-state index is 12.6. The molecule has 0 atom stereocenters. The highest BCUT2D eigenvalue weighted by Crippen LogP contribution is 2.36. The highest BCUT2D eigenvalue weighted by Gasteiger charge is 2.23. The van der Waals surface area contributed by atoms with E-state index in [0.717, 1.165) is 29.9 Å². The topological polar surface area (TPSA) is 64.6 Å². The fourth-order valence-electron chi connectivity index (χ4n) is 2.34. The molecule has 1 aromatic carbocycles. The van der Waals surface area contributed by atoms with E-state index in [-0.39, 0.29) is 12.7 Å². The molecule has 1 aliphatic heterocycles. The molecule has 0 bridgehead atoms. The van der Waals surface area contributed by atoms with Crippen LogP contribution in [0.5, 0.6) is 11.5 Å². The first-order chi connectivity index (χ1) is 10.8. The quantitative estimate of drug-likeness (QED) is 0.819. The smallest absolute Gasteiger partial charge is 0.275 e. The first-order valence-corrected chi connectivity index (χ1v) is 8.07. The molecule has 1 amide bonds. The molecule has 3 rings (SSSR count). The van der Waals surface area contributed by atoms with E-state index in [4.69, 9.17) is 9.47 Å². The summed E-state index contributed by atoms with van der Waals surface area (Å²) in [4.78, 5) is 14.4. The second kappa shape index (κ2) is 6.74. The number of carbonyl (C=O) groups is 1. The lowest BCUT2D eigenvalue weighted by Gasteiger charge is -2.22. The summed E-state index contributed by atoms with van der Waals surface area (Å²) < 4.78 is 14.7. The summed E-state index contributed by atoms with van der Waals surface area (Å²) in [6.45, 7) is 3.48. The molecule has 116 valence electrons. The SMILES string of the molecule is CCCCN(Cc1cccc2c1OCO2)C(=O)c1csnn1. The van der Waals surface area contributed by atoms with E-state index in [9.17, 15) is 4.79 Å². The van der Waals surface area contributed by atoms with Crippen LogP contribution in [0.25, 0.3) is 0 Å². The third-order valence-electron chi connectivity index (χ3n) is 3.49. The first kappa shape index (κ1) is 14.8. The molecule has 0 saturated heterocycles. The van der Waals surface area contributed by atoms with Crippen molar-refractivity contribution in [2.45, 2.75) is 26.3 Å². The number of para-hydroxylation sites is 1. The Hall–Kier alpha value is -2.15. The Labute approximate surface area is 132 Å². The van der Waals surface area contributed by atoms with Crippen molar-refractivity contribution in [3.8, 4) is 11.5 Å². The molecular formula is C15H17N3O3S. The van der Waals surface area contributed by atoms with E-state index < -0.39 is 0 Å². The molecule has 7 heteroatoms. The van der Waals surface area contributed by atoms with Gasteiger partial charge < -0.3 is 14.4 Å². The van der Waals surface area contributed by atoms with Gasteiger partial charge >= 0.3 is 0 Å². The van der Waals surface area contributed by atoms with Crippen molar-refractivity contribution >= 4 is 17.4 Å². The maximum atomic E-state index is 12.6. The second-order valence-electron chi connectivity index (χ2n) is 5.02. The van der Waals surface area contributed by atoms with Crippen LogP contribution in [0.15, 0.2) is 23.6 Å². The van der Waals surface area contributed by atoms with E-state index in [0.29, 0.717) is 18.8 Å². The number of aromatic nitrogens is 2. The standard InChI is InChI=1S/C15H17N3O3S/c1-2-3-7-18(15(19)12-9-22-17-16-12)8-11-5-4-6-13-14(11)21-10-20-13/h4-6,9H,2-3,7-8,10H2,1H3. The fraction of sp³-hybridized carbons (Fsp3) is 0.400. The lowest BCUT2D eigenvalue weighted by molar-refractivity contribution is 0.0733. The normalized spacial score (nSPS) is 12.4. The number of benzene rings is 1. The molecular weight excluding hydrogens is 302 g/mol. The van der Waals surface area contributed by atoms with Crippen molar-refractivity contribution in [2.75, 3.05) is 13.3 Å². The van der Waals surface area contributed by atoms with Gasteiger partial charge in [-0.25, -0.2) is 0 Å². The van der Waals surface area contributed by atoms with Gasteiger partial charge in [-0.05, 0) is 24.0 Å². The third-order valence-corrected chi connectivity index (χ3v) is 3.99. The Morgan fingerprint density at radius 1 is 1.41 bits per heavy atom. The van der Waals surface area contributed by atoms with Crippen molar-refractivity contribution in [2.24, 2.45) is 0 Å². The maximum Gasteiger partial charge on any atom is 0.275 e. The molecule has 22 heavy (non-hydrogen) atoms. The Kier molecular flexibility index (Phi) is 4.53. The van der Waals surface area contributed by atoms with Crippen molar-refractivity contribution in [1.29, 1.82) is 0 Å².